The second kappa shape index (κ2) is 8.40. The number of carbonyl (C=O) groups excluding carboxylic acids is 2. The van der Waals surface area contributed by atoms with Gasteiger partial charge in [-0.2, -0.15) is 0 Å². The average molecular weight is 342 g/mol. The van der Waals surface area contributed by atoms with Crippen molar-refractivity contribution in [1.82, 2.24) is 15.1 Å². The molecule has 0 unspecified atom stereocenters. The monoisotopic (exact) mass is 342 g/mol. The third kappa shape index (κ3) is 4.75. The normalized spacial score (nSPS) is 9.68. The summed E-state index contributed by atoms with van der Waals surface area (Å²) in [5.41, 5.74) is 5.89. The molecule has 0 saturated carbocycles. The topological polar surface area (TPSA) is 108 Å². The summed E-state index contributed by atoms with van der Waals surface area (Å²) in [6.45, 7) is 0.202. The van der Waals surface area contributed by atoms with Gasteiger partial charge in [-0.3, -0.25) is 14.3 Å². The maximum absolute atomic E-state index is 12.0. The van der Waals surface area contributed by atoms with Crippen molar-refractivity contribution in [3.05, 3.63) is 41.6 Å². The number of benzene rings is 1. The van der Waals surface area contributed by atoms with Crippen LogP contribution in [0.15, 0.2) is 30.5 Å². The van der Waals surface area contributed by atoms with Crippen LogP contribution in [0.4, 0.5) is 0 Å². The van der Waals surface area contributed by atoms with Crippen LogP contribution in [0, 0.1) is 11.8 Å². The molecule has 0 bridgehead atoms. The lowest BCUT2D eigenvalue weighted by molar-refractivity contribution is 0.0954. The summed E-state index contributed by atoms with van der Waals surface area (Å²) in [7, 11) is 3.14. The zero-order valence-electron chi connectivity index (χ0n) is 13.9. The largest absolute Gasteiger partial charge is 0.480 e. The van der Waals surface area contributed by atoms with Gasteiger partial charge in [-0.15, -0.1) is 5.10 Å². The van der Waals surface area contributed by atoms with E-state index >= 15 is 0 Å². The molecule has 0 atom stereocenters. The van der Waals surface area contributed by atoms with Gasteiger partial charge in [0.2, 0.25) is 5.88 Å². The Morgan fingerprint density at radius 1 is 1.28 bits per heavy atom. The minimum atomic E-state index is -0.568. The molecule has 0 spiro atoms. The van der Waals surface area contributed by atoms with Gasteiger partial charge >= 0.3 is 0 Å². The maximum Gasteiger partial charge on any atom is 0.259 e. The highest BCUT2D eigenvalue weighted by molar-refractivity contribution is 5.96. The molecule has 8 heteroatoms. The van der Waals surface area contributed by atoms with Crippen molar-refractivity contribution in [1.29, 1.82) is 0 Å². The quantitative estimate of drug-likeness (QED) is 0.736. The third-order valence-electron chi connectivity index (χ3n) is 3.15. The Balaban J connectivity index is 1.84. The van der Waals surface area contributed by atoms with Crippen LogP contribution >= 0.6 is 0 Å². The van der Waals surface area contributed by atoms with Gasteiger partial charge < -0.3 is 20.5 Å². The molecule has 25 heavy (non-hydrogen) atoms. The van der Waals surface area contributed by atoms with Crippen molar-refractivity contribution in [3.63, 3.8) is 0 Å². The van der Waals surface area contributed by atoms with E-state index in [0.717, 1.165) is 0 Å². The van der Waals surface area contributed by atoms with Crippen molar-refractivity contribution in [2.45, 2.75) is 0 Å². The molecule has 0 fully saturated rings. The minimum absolute atomic E-state index is 0.0659. The van der Waals surface area contributed by atoms with Gasteiger partial charge in [0.25, 0.3) is 11.8 Å². The lowest BCUT2D eigenvalue weighted by Gasteiger charge is -2.05. The number of primary amides is 1. The van der Waals surface area contributed by atoms with E-state index in [1.54, 1.807) is 37.5 Å². The molecule has 0 saturated heterocycles. The molecule has 1 heterocycles. The predicted octanol–water partition coefficient (Wildman–Crippen LogP) is 0.340. The maximum atomic E-state index is 12.0. The zero-order valence-corrected chi connectivity index (χ0v) is 13.9. The van der Waals surface area contributed by atoms with Gasteiger partial charge in [0.1, 0.15) is 17.9 Å². The van der Waals surface area contributed by atoms with Gasteiger partial charge in [0.05, 0.1) is 19.2 Å². The Hall–Kier alpha value is -3.47. The van der Waals surface area contributed by atoms with Gasteiger partial charge in [0, 0.05) is 13.2 Å². The van der Waals surface area contributed by atoms with Crippen LogP contribution in [0.1, 0.15) is 20.7 Å². The van der Waals surface area contributed by atoms with Gasteiger partial charge in [-0.05, 0) is 12.1 Å². The highest BCUT2D eigenvalue weighted by Crippen LogP contribution is 2.16. The molecule has 1 aromatic carbocycles. The average Bonchev–Trinajstić information content (AvgIpc) is 2.99. The molecule has 2 amide bonds. The summed E-state index contributed by atoms with van der Waals surface area (Å²) in [5.74, 6) is 5.22. The summed E-state index contributed by atoms with van der Waals surface area (Å²) < 4.78 is 11.9. The lowest BCUT2D eigenvalue weighted by atomic mass is 10.2. The molecule has 8 nitrogen and oxygen atoms in total. The van der Waals surface area contributed by atoms with Gasteiger partial charge in [-0.1, -0.05) is 24.0 Å². The molecule has 3 N–H and O–H groups in total. The van der Waals surface area contributed by atoms with Crippen LogP contribution in [0.5, 0.6) is 11.6 Å². The SMILES string of the molecule is COc1nn(C)cc1C(=O)NCC#CCOc1ccccc1C(N)=O. The summed E-state index contributed by atoms with van der Waals surface area (Å²) in [6, 6.07) is 6.64. The molecular weight excluding hydrogens is 324 g/mol. The van der Waals surface area contributed by atoms with Crippen molar-refractivity contribution in [2.24, 2.45) is 12.8 Å². The molecule has 2 aromatic rings. The van der Waals surface area contributed by atoms with E-state index in [-0.39, 0.29) is 24.9 Å². The number of carbonyl (C=O) groups is 2. The summed E-state index contributed by atoms with van der Waals surface area (Å²) >= 11 is 0. The fourth-order valence-corrected chi connectivity index (χ4v) is 2.02. The Bertz CT molecular complexity index is 833. The number of ether oxygens (including phenoxy) is 2. The van der Waals surface area contributed by atoms with Crippen LogP contribution in [0.3, 0.4) is 0 Å². The predicted molar refractivity (Wildman–Crippen MR) is 90.3 cm³/mol. The first-order valence-corrected chi connectivity index (χ1v) is 7.36. The van der Waals surface area contributed by atoms with Crippen LogP contribution in [-0.2, 0) is 7.05 Å². The number of nitrogens with two attached hydrogens (primary N) is 1. The fraction of sp³-hybridized carbons (Fsp3) is 0.235. The Kier molecular flexibility index (Phi) is 6.01. The Morgan fingerprint density at radius 3 is 2.76 bits per heavy atom. The van der Waals surface area contributed by atoms with Crippen molar-refractivity contribution in [2.75, 3.05) is 20.3 Å². The molecule has 1 aromatic heterocycles. The van der Waals surface area contributed by atoms with E-state index in [9.17, 15) is 9.59 Å². The van der Waals surface area contributed by atoms with E-state index in [4.69, 9.17) is 15.2 Å². The zero-order chi connectivity index (χ0) is 18.2. The number of para-hydroxylation sites is 1. The number of amides is 2. The van der Waals surface area contributed by atoms with Crippen molar-refractivity contribution >= 4 is 11.8 Å². The molecule has 0 radical (unpaired) electrons. The summed E-state index contributed by atoms with van der Waals surface area (Å²) in [5, 5.41) is 6.64. The molecule has 0 aliphatic heterocycles. The first kappa shape index (κ1) is 17.9. The van der Waals surface area contributed by atoms with E-state index in [1.807, 2.05) is 0 Å². The molecule has 130 valence electrons. The molecule has 0 aliphatic carbocycles. The minimum Gasteiger partial charge on any atom is -0.480 e. The van der Waals surface area contributed by atoms with E-state index in [2.05, 4.69) is 22.3 Å². The highest BCUT2D eigenvalue weighted by Gasteiger charge is 2.15. The number of aromatic nitrogens is 2. The number of rotatable bonds is 6. The number of nitrogens with zero attached hydrogens (tertiary/aromatic N) is 2. The van der Waals surface area contributed by atoms with Crippen LogP contribution in [0.2, 0.25) is 0 Å². The van der Waals surface area contributed by atoms with Gasteiger partial charge in [0.15, 0.2) is 0 Å². The van der Waals surface area contributed by atoms with E-state index < -0.39 is 5.91 Å². The summed E-state index contributed by atoms with van der Waals surface area (Å²) in [4.78, 5) is 23.3. The number of hydrogen-bond donors (Lipinski definition) is 2. The lowest BCUT2D eigenvalue weighted by Crippen LogP contribution is -2.23. The van der Waals surface area contributed by atoms with E-state index in [0.29, 0.717) is 16.9 Å². The Labute approximate surface area is 144 Å². The molecular formula is C17H18N4O4. The van der Waals surface area contributed by atoms with Gasteiger partial charge in [-0.25, -0.2) is 0 Å². The Morgan fingerprint density at radius 2 is 2.04 bits per heavy atom. The molecule has 2 rings (SSSR count). The van der Waals surface area contributed by atoms with Crippen molar-refractivity contribution < 1.29 is 19.1 Å². The van der Waals surface area contributed by atoms with Crippen LogP contribution in [0.25, 0.3) is 0 Å². The van der Waals surface area contributed by atoms with Crippen LogP contribution in [-0.4, -0.2) is 41.9 Å². The smallest absolute Gasteiger partial charge is 0.259 e. The third-order valence-corrected chi connectivity index (χ3v) is 3.15. The van der Waals surface area contributed by atoms with E-state index in [1.165, 1.54) is 11.8 Å². The number of hydrogen-bond acceptors (Lipinski definition) is 5. The number of aryl methyl sites for hydroxylation is 1. The molecule has 0 aliphatic rings. The summed E-state index contributed by atoms with van der Waals surface area (Å²) in [6.07, 6.45) is 1.56. The first-order chi connectivity index (χ1) is 12.0. The number of methoxy groups -OCH3 is 1. The number of nitrogens with one attached hydrogen (secondary N) is 1. The first-order valence-electron chi connectivity index (χ1n) is 7.36. The standard InChI is InChI=1S/C17H18N4O4/c1-21-11-13(17(20-21)24-2)16(23)19-9-5-6-10-25-14-8-4-3-7-12(14)15(18)22/h3-4,7-8,11H,9-10H2,1-2H3,(H2,18,22)(H,19,23). The highest BCUT2D eigenvalue weighted by atomic mass is 16.5. The fourth-order valence-electron chi connectivity index (χ4n) is 2.02. The second-order valence-electron chi connectivity index (χ2n) is 4.91. The van der Waals surface area contributed by atoms with Crippen molar-refractivity contribution in [3.8, 4) is 23.5 Å². The second-order valence-corrected chi connectivity index (χ2v) is 4.91. The van der Waals surface area contributed by atoms with Crippen LogP contribution < -0.4 is 20.5 Å².